The Hall–Kier alpha value is -1.16. The molecular formula is C13H8BBrF2. The van der Waals surface area contributed by atoms with Crippen molar-refractivity contribution in [2.24, 2.45) is 0 Å². The number of fused-ring (bicyclic) bond motifs is 3. The lowest BCUT2D eigenvalue weighted by Crippen LogP contribution is -2.14. The van der Waals surface area contributed by atoms with Crippen LogP contribution in [0.1, 0.15) is 11.1 Å². The molecule has 17 heavy (non-hydrogen) atoms. The van der Waals surface area contributed by atoms with Gasteiger partial charge in [-0.05, 0) is 23.3 Å². The van der Waals surface area contributed by atoms with Crippen LogP contribution in [0.2, 0.25) is 0 Å². The van der Waals surface area contributed by atoms with Crippen molar-refractivity contribution in [1.29, 1.82) is 0 Å². The first-order valence-electron chi connectivity index (χ1n) is 5.29. The Morgan fingerprint density at radius 1 is 0.941 bits per heavy atom. The van der Waals surface area contributed by atoms with Crippen LogP contribution in [0.3, 0.4) is 0 Å². The number of hydrogen-bond acceptors (Lipinski definition) is 0. The van der Waals surface area contributed by atoms with Gasteiger partial charge < -0.3 is 0 Å². The van der Waals surface area contributed by atoms with Gasteiger partial charge in [0.2, 0.25) is 0 Å². The molecule has 4 heteroatoms. The van der Waals surface area contributed by atoms with Crippen LogP contribution in [-0.4, -0.2) is 7.85 Å². The minimum absolute atomic E-state index is 0.0903. The summed E-state index contributed by atoms with van der Waals surface area (Å²) in [5.41, 5.74) is 2.34. The predicted octanol–water partition coefficient (Wildman–Crippen LogP) is 2.83. The van der Waals surface area contributed by atoms with E-state index in [1.807, 2.05) is 13.9 Å². The van der Waals surface area contributed by atoms with Gasteiger partial charge in [0, 0.05) is 15.6 Å². The molecule has 0 saturated heterocycles. The molecule has 0 bridgehead atoms. The highest BCUT2D eigenvalue weighted by Gasteiger charge is 2.44. The van der Waals surface area contributed by atoms with E-state index in [-0.39, 0.29) is 11.1 Å². The number of hydrogen-bond donors (Lipinski definition) is 0. The van der Waals surface area contributed by atoms with Gasteiger partial charge in [-0.1, -0.05) is 45.7 Å². The third-order valence-corrected chi connectivity index (χ3v) is 3.62. The molecule has 0 atom stereocenters. The maximum absolute atomic E-state index is 14.3. The summed E-state index contributed by atoms with van der Waals surface area (Å²) in [6.07, 6.45) is 0. The van der Waals surface area contributed by atoms with E-state index >= 15 is 0 Å². The van der Waals surface area contributed by atoms with E-state index in [9.17, 15) is 8.78 Å². The summed E-state index contributed by atoms with van der Waals surface area (Å²) in [6.45, 7) is 0. The van der Waals surface area contributed by atoms with Crippen molar-refractivity contribution in [2.45, 2.75) is 5.92 Å². The maximum Gasteiger partial charge on any atom is 0.299 e. The van der Waals surface area contributed by atoms with Crippen LogP contribution >= 0.6 is 15.9 Å². The van der Waals surface area contributed by atoms with Gasteiger partial charge in [-0.3, -0.25) is 0 Å². The topological polar surface area (TPSA) is 0 Å². The van der Waals surface area contributed by atoms with Gasteiger partial charge in [-0.25, -0.2) is 0 Å². The third kappa shape index (κ3) is 1.47. The van der Waals surface area contributed by atoms with Crippen molar-refractivity contribution in [3.63, 3.8) is 0 Å². The zero-order valence-electron chi connectivity index (χ0n) is 9.10. The highest BCUT2D eigenvalue weighted by atomic mass is 79.9. The first-order chi connectivity index (χ1) is 8.00. The van der Waals surface area contributed by atoms with E-state index in [0.29, 0.717) is 15.6 Å². The smallest absolute Gasteiger partial charge is 0.196 e. The van der Waals surface area contributed by atoms with Crippen LogP contribution in [0.4, 0.5) is 8.78 Å². The highest BCUT2D eigenvalue weighted by Crippen LogP contribution is 2.51. The number of halogens is 3. The Balaban J connectivity index is 2.37. The second-order valence-corrected chi connectivity index (χ2v) is 5.23. The number of alkyl halides is 2. The summed E-state index contributed by atoms with van der Waals surface area (Å²) in [5, 5.41) is 0. The molecule has 0 radical (unpaired) electrons. The summed E-state index contributed by atoms with van der Waals surface area (Å²) in [7, 11) is 1.83. The van der Waals surface area contributed by atoms with Crippen LogP contribution in [0, 0.1) is 0 Å². The Morgan fingerprint density at radius 3 is 2.24 bits per heavy atom. The Bertz CT molecular complexity index is 569. The third-order valence-electron chi connectivity index (χ3n) is 3.12. The second-order valence-electron chi connectivity index (χ2n) is 4.31. The number of benzene rings is 2. The first kappa shape index (κ1) is 11.0. The lowest BCUT2D eigenvalue weighted by Gasteiger charge is -2.12. The summed E-state index contributed by atoms with van der Waals surface area (Å²) in [4.78, 5) is 0. The zero-order valence-corrected chi connectivity index (χ0v) is 10.7. The highest BCUT2D eigenvalue weighted by molar-refractivity contribution is 9.10. The molecule has 1 aliphatic carbocycles. The molecule has 0 fully saturated rings. The van der Waals surface area contributed by atoms with Crippen LogP contribution in [0.5, 0.6) is 0 Å². The average Bonchev–Trinajstić information content (AvgIpc) is 2.49. The van der Waals surface area contributed by atoms with Crippen molar-refractivity contribution in [3.8, 4) is 11.1 Å². The molecule has 0 N–H and O–H groups in total. The molecular weight excluding hydrogens is 285 g/mol. The fourth-order valence-corrected chi connectivity index (χ4v) is 2.67. The molecule has 0 aliphatic heterocycles. The summed E-state index contributed by atoms with van der Waals surface area (Å²) >= 11 is 3.24. The normalized spacial score (nSPS) is 15.5. The lowest BCUT2D eigenvalue weighted by molar-refractivity contribution is 0.0480. The van der Waals surface area contributed by atoms with Gasteiger partial charge in [0.15, 0.2) is 0 Å². The average molecular weight is 293 g/mol. The minimum Gasteiger partial charge on any atom is -0.196 e. The van der Waals surface area contributed by atoms with Crippen molar-refractivity contribution < 1.29 is 8.78 Å². The molecule has 84 valence electrons. The Morgan fingerprint density at radius 2 is 1.53 bits per heavy atom. The van der Waals surface area contributed by atoms with Crippen molar-refractivity contribution in [3.05, 3.63) is 52.0 Å². The molecule has 3 rings (SSSR count). The van der Waals surface area contributed by atoms with E-state index in [1.165, 1.54) is 6.07 Å². The van der Waals surface area contributed by atoms with Crippen LogP contribution in [0.25, 0.3) is 11.1 Å². The van der Waals surface area contributed by atoms with Crippen molar-refractivity contribution in [2.75, 3.05) is 0 Å². The predicted molar refractivity (Wildman–Crippen MR) is 70.8 cm³/mol. The van der Waals surface area contributed by atoms with Gasteiger partial charge in [0.05, 0.1) is 0 Å². The number of rotatable bonds is 0. The molecule has 1 aliphatic rings. The van der Waals surface area contributed by atoms with Crippen LogP contribution in [-0.2, 0) is 5.92 Å². The van der Waals surface area contributed by atoms with E-state index in [4.69, 9.17) is 0 Å². The van der Waals surface area contributed by atoms with Gasteiger partial charge in [-0.2, -0.15) is 8.78 Å². The standard InChI is InChI=1S/C13H8BBrF2/c14-7-1-3-9-10-4-2-8(15)6-12(10)13(16,17)11(9)5-7/h1-6H,14H2. The molecule has 2 aromatic carbocycles. The van der Waals surface area contributed by atoms with Gasteiger partial charge in [0.25, 0.3) is 5.92 Å². The van der Waals surface area contributed by atoms with Gasteiger partial charge in [0.1, 0.15) is 7.85 Å². The minimum atomic E-state index is -2.89. The Labute approximate surface area is 107 Å². The molecule has 2 aromatic rings. The molecule has 0 heterocycles. The molecule has 0 saturated carbocycles. The summed E-state index contributed by atoms with van der Waals surface area (Å²) in [5.74, 6) is -2.89. The van der Waals surface area contributed by atoms with E-state index in [1.54, 1.807) is 24.3 Å². The quantitative estimate of drug-likeness (QED) is 0.655. The van der Waals surface area contributed by atoms with Crippen LogP contribution < -0.4 is 5.46 Å². The lowest BCUT2D eigenvalue weighted by atomic mass is 9.91. The van der Waals surface area contributed by atoms with Gasteiger partial charge in [-0.15, -0.1) is 0 Å². The van der Waals surface area contributed by atoms with E-state index in [2.05, 4.69) is 15.9 Å². The first-order valence-corrected chi connectivity index (χ1v) is 6.09. The molecule has 0 spiro atoms. The zero-order chi connectivity index (χ0) is 12.2. The van der Waals surface area contributed by atoms with E-state index < -0.39 is 5.92 Å². The fourth-order valence-electron chi connectivity index (χ4n) is 2.31. The SMILES string of the molecule is Bc1ccc2c(c1)C(F)(F)c1cc(Br)ccc1-2. The van der Waals surface area contributed by atoms with E-state index in [0.717, 1.165) is 5.46 Å². The maximum atomic E-state index is 14.3. The summed E-state index contributed by atoms with van der Waals surface area (Å²) < 4.78 is 29.2. The monoisotopic (exact) mass is 292 g/mol. The summed E-state index contributed by atoms with van der Waals surface area (Å²) in [6, 6.07) is 10.3. The molecule has 0 unspecified atom stereocenters. The molecule has 0 amide bonds. The van der Waals surface area contributed by atoms with Crippen molar-refractivity contribution >= 4 is 29.2 Å². The second kappa shape index (κ2) is 3.42. The molecule has 0 nitrogen and oxygen atoms in total. The van der Waals surface area contributed by atoms with Gasteiger partial charge >= 0.3 is 0 Å². The fraction of sp³-hybridized carbons (Fsp3) is 0.0769. The van der Waals surface area contributed by atoms with Crippen LogP contribution in [0.15, 0.2) is 40.9 Å². The van der Waals surface area contributed by atoms with Crippen molar-refractivity contribution in [1.82, 2.24) is 0 Å². The Kier molecular flexibility index (Phi) is 2.21. The molecule has 0 aromatic heterocycles. The largest absolute Gasteiger partial charge is 0.299 e.